The summed E-state index contributed by atoms with van der Waals surface area (Å²) in [6.07, 6.45) is 1.45. The summed E-state index contributed by atoms with van der Waals surface area (Å²) in [6.45, 7) is 0.158. The monoisotopic (exact) mass is 256 g/mol. The highest BCUT2D eigenvalue weighted by Gasteiger charge is 2.20. The zero-order valence-corrected chi connectivity index (χ0v) is 10.1. The molecule has 0 saturated heterocycles. The fourth-order valence-corrected chi connectivity index (χ4v) is 1.99. The Balaban J connectivity index is 2.04. The van der Waals surface area contributed by atoms with Gasteiger partial charge < -0.3 is 4.74 Å². The Hall–Kier alpha value is -1.40. The van der Waals surface area contributed by atoms with E-state index in [2.05, 4.69) is 4.18 Å². The van der Waals surface area contributed by atoms with Crippen LogP contribution in [0.15, 0.2) is 18.2 Å². The summed E-state index contributed by atoms with van der Waals surface area (Å²) in [7, 11) is -3.41. The van der Waals surface area contributed by atoms with Crippen molar-refractivity contribution in [1.82, 2.24) is 0 Å². The van der Waals surface area contributed by atoms with Gasteiger partial charge in [-0.05, 0) is 24.1 Å². The Bertz CT molecular complexity index is 547. The minimum absolute atomic E-state index is 0.0501. The van der Waals surface area contributed by atoms with Gasteiger partial charge in [-0.15, -0.1) is 0 Å². The lowest BCUT2D eigenvalue weighted by molar-refractivity contribution is 0.0961. The summed E-state index contributed by atoms with van der Waals surface area (Å²) in [5.41, 5.74) is 1.41. The van der Waals surface area contributed by atoms with Crippen LogP contribution in [0.5, 0.6) is 5.75 Å². The molecule has 0 radical (unpaired) electrons. The van der Waals surface area contributed by atoms with Crippen LogP contribution in [0, 0.1) is 0 Å². The van der Waals surface area contributed by atoms with Gasteiger partial charge in [0.2, 0.25) is 5.78 Å². The lowest BCUT2D eigenvalue weighted by Crippen LogP contribution is -2.06. The van der Waals surface area contributed by atoms with Crippen molar-refractivity contribution in [2.24, 2.45) is 0 Å². The first-order valence-corrected chi connectivity index (χ1v) is 6.91. The van der Waals surface area contributed by atoms with Crippen molar-refractivity contribution in [2.45, 2.75) is 6.42 Å². The number of fused-ring (bicyclic) bond motifs is 1. The maximum atomic E-state index is 11.4. The Morgan fingerprint density at radius 3 is 2.88 bits per heavy atom. The van der Waals surface area contributed by atoms with Gasteiger partial charge in [0.05, 0.1) is 18.4 Å². The van der Waals surface area contributed by atoms with Crippen molar-refractivity contribution in [1.29, 1.82) is 0 Å². The van der Waals surface area contributed by atoms with E-state index in [4.69, 9.17) is 4.74 Å². The van der Waals surface area contributed by atoms with Gasteiger partial charge in [0.1, 0.15) is 5.75 Å². The smallest absolute Gasteiger partial charge is 0.264 e. The maximum Gasteiger partial charge on any atom is 0.264 e. The number of Topliss-reactive ketones (excluding diaryl/α,β-unsaturated/α-hetero) is 1. The van der Waals surface area contributed by atoms with Gasteiger partial charge in [-0.3, -0.25) is 8.98 Å². The second-order valence-corrected chi connectivity index (χ2v) is 5.46. The molecule has 0 bridgehead atoms. The summed E-state index contributed by atoms with van der Waals surface area (Å²) in [5, 5.41) is 0. The predicted molar refractivity (Wildman–Crippen MR) is 60.8 cm³/mol. The van der Waals surface area contributed by atoms with E-state index in [9.17, 15) is 13.2 Å². The zero-order valence-electron chi connectivity index (χ0n) is 9.30. The number of rotatable bonds is 4. The lowest BCUT2D eigenvalue weighted by atomic mass is 10.1. The summed E-state index contributed by atoms with van der Waals surface area (Å²) in [5.74, 6) is 0.536. The average Bonchev–Trinajstić information content (AvgIpc) is 2.59. The van der Waals surface area contributed by atoms with Crippen molar-refractivity contribution in [3.05, 3.63) is 29.3 Å². The van der Waals surface area contributed by atoms with Crippen LogP contribution >= 0.6 is 0 Å². The van der Waals surface area contributed by atoms with E-state index in [0.717, 1.165) is 11.8 Å². The largest absolute Gasteiger partial charge is 0.485 e. The van der Waals surface area contributed by atoms with E-state index in [1.165, 1.54) is 0 Å². The van der Waals surface area contributed by atoms with E-state index in [-0.39, 0.29) is 19.0 Å². The van der Waals surface area contributed by atoms with Crippen molar-refractivity contribution >= 4 is 15.9 Å². The molecule has 1 aromatic carbocycles. The van der Waals surface area contributed by atoms with Gasteiger partial charge >= 0.3 is 0 Å². The Morgan fingerprint density at radius 1 is 1.41 bits per heavy atom. The average molecular weight is 256 g/mol. The highest BCUT2D eigenvalue weighted by atomic mass is 32.2. The normalized spacial score (nSPS) is 14.5. The molecule has 17 heavy (non-hydrogen) atoms. The number of benzene rings is 1. The SMILES string of the molecule is CS(=O)(=O)OCCc1ccc2c(c1)C(=O)CO2. The minimum atomic E-state index is -3.41. The molecule has 2 rings (SSSR count). The third-order valence-electron chi connectivity index (χ3n) is 2.39. The molecular weight excluding hydrogens is 244 g/mol. The number of carbonyl (C=O) groups excluding carboxylic acids is 1. The molecule has 0 unspecified atom stereocenters. The topological polar surface area (TPSA) is 69.7 Å². The first-order valence-electron chi connectivity index (χ1n) is 5.09. The van der Waals surface area contributed by atoms with Crippen molar-refractivity contribution in [3.8, 4) is 5.75 Å². The number of hydrogen-bond donors (Lipinski definition) is 0. The predicted octanol–water partition coefficient (Wildman–Crippen LogP) is 0.780. The molecule has 0 aromatic heterocycles. The van der Waals surface area contributed by atoms with Gasteiger partial charge in [-0.1, -0.05) is 6.07 Å². The molecule has 0 N–H and O–H groups in total. The van der Waals surface area contributed by atoms with Gasteiger partial charge in [-0.2, -0.15) is 8.42 Å². The summed E-state index contributed by atoms with van der Waals surface area (Å²) in [4.78, 5) is 11.4. The second kappa shape index (κ2) is 4.46. The highest BCUT2D eigenvalue weighted by Crippen LogP contribution is 2.26. The van der Waals surface area contributed by atoms with Crippen LogP contribution in [0.25, 0.3) is 0 Å². The number of hydrogen-bond acceptors (Lipinski definition) is 5. The molecular formula is C11H12O5S. The number of carbonyl (C=O) groups is 1. The Labute approximate surface area is 99.5 Å². The lowest BCUT2D eigenvalue weighted by Gasteiger charge is -2.03. The second-order valence-electron chi connectivity index (χ2n) is 3.82. The summed E-state index contributed by atoms with van der Waals surface area (Å²) < 4.78 is 31.3. The quantitative estimate of drug-likeness (QED) is 0.744. The minimum Gasteiger partial charge on any atom is -0.485 e. The standard InChI is InChI=1S/C11H12O5S/c1-17(13,14)16-5-4-8-2-3-11-9(6-8)10(12)7-15-11/h2-3,6H,4-5,7H2,1H3. The molecule has 0 fully saturated rings. The van der Waals surface area contributed by atoms with Crippen LogP contribution in [0.2, 0.25) is 0 Å². The molecule has 1 aromatic rings. The molecule has 6 heteroatoms. The number of ketones is 1. The van der Waals surface area contributed by atoms with E-state index in [1.54, 1.807) is 18.2 Å². The van der Waals surface area contributed by atoms with Crippen molar-refractivity contribution in [3.63, 3.8) is 0 Å². The zero-order chi connectivity index (χ0) is 12.5. The van der Waals surface area contributed by atoms with Crippen molar-refractivity contribution < 1.29 is 22.1 Å². The van der Waals surface area contributed by atoms with Gasteiger partial charge in [0.25, 0.3) is 10.1 Å². The molecule has 0 amide bonds. The molecule has 0 aliphatic carbocycles. The van der Waals surface area contributed by atoms with Crippen LogP contribution in [0.4, 0.5) is 0 Å². The first-order chi connectivity index (χ1) is 7.96. The molecule has 1 heterocycles. The van der Waals surface area contributed by atoms with E-state index < -0.39 is 10.1 Å². The molecule has 0 spiro atoms. The van der Waals surface area contributed by atoms with Gasteiger partial charge in [0, 0.05) is 0 Å². The third-order valence-corrected chi connectivity index (χ3v) is 2.99. The maximum absolute atomic E-state index is 11.4. The summed E-state index contributed by atoms with van der Waals surface area (Å²) in [6, 6.07) is 5.23. The van der Waals surface area contributed by atoms with Crippen LogP contribution in [-0.4, -0.2) is 33.7 Å². The van der Waals surface area contributed by atoms with Crippen LogP contribution in [-0.2, 0) is 20.7 Å². The van der Waals surface area contributed by atoms with Gasteiger partial charge in [0.15, 0.2) is 6.61 Å². The molecule has 0 atom stereocenters. The highest BCUT2D eigenvalue weighted by molar-refractivity contribution is 7.85. The third kappa shape index (κ3) is 3.04. The fourth-order valence-electron chi connectivity index (χ4n) is 1.61. The molecule has 0 saturated carbocycles. The molecule has 1 aliphatic heterocycles. The van der Waals surface area contributed by atoms with Crippen molar-refractivity contribution in [2.75, 3.05) is 19.5 Å². The van der Waals surface area contributed by atoms with Crippen LogP contribution < -0.4 is 4.74 Å². The fraction of sp³-hybridized carbons (Fsp3) is 0.364. The van der Waals surface area contributed by atoms with E-state index in [0.29, 0.717) is 17.7 Å². The Kier molecular flexibility index (Phi) is 3.17. The first kappa shape index (κ1) is 12.1. The van der Waals surface area contributed by atoms with Crippen LogP contribution in [0.1, 0.15) is 15.9 Å². The van der Waals surface area contributed by atoms with E-state index in [1.807, 2.05) is 0 Å². The van der Waals surface area contributed by atoms with Gasteiger partial charge in [-0.25, -0.2) is 0 Å². The number of ether oxygens (including phenoxy) is 1. The summed E-state index contributed by atoms with van der Waals surface area (Å²) >= 11 is 0. The molecule has 1 aliphatic rings. The van der Waals surface area contributed by atoms with Crippen LogP contribution in [0.3, 0.4) is 0 Å². The molecule has 92 valence electrons. The Morgan fingerprint density at radius 2 is 2.18 bits per heavy atom. The molecule has 5 nitrogen and oxygen atoms in total. The van der Waals surface area contributed by atoms with E-state index >= 15 is 0 Å².